The molecule has 4 heteroatoms. The highest BCUT2D eigenvalue weighted by atomic mass is 35.5. The fraction of sp³-hybridized carbons (Fsp3) is 0.0769. The highest BCUT2D eigenvalue weighted by Gasteiger charge is 2.07. The summed E-state index contributed by atoms with van der Waals surface area (Å²) >= 11 is 5.92. The Morgan fingerprint density at radius 2 is 2.18 bits per heavy atom. The number of aryl methyl sites for hydroxylation is 1. The first-order valence-corrected chi connectivity index (χ1v) is 5.39. The molecular weight excluding hydrogens is 236 g/mol. The second kappa shape index (κ2) is 4.91. The fourth-order valence-electron chi connectivity index (χ4n) is 1.55. The van der Waals surface area contributed by atoms with Gasteiger partial charge in [-0.25, -0.2) is 4.79 Å². The number of halogens is 1. The highest BCUT2D eigenvalue weighted by Crippen LogP contribution is 2.29. The molecule has 0 saturated heterocycles. The predicted octanol–water partition coefficient (Wildman–Crippen LogP) is 3.68. The molecule has 0 atom stereocenters. The van der Waals surface area contributed by atoms with Crippen LogP contribution in [0.1, 0.15) is 5.56 Å². The van der Waals surface area contributed by atoms with E-state index in [-0.39, 0.29) is 0 Å². The molecule has 0 saturated carbocycles. The Labute approximate surface area is 104 Å². The van der Waals surface area contributed by atoms with Gasteiger partial charge in [0, 0.05) is 16.8 Å². The lowest BCUT2D eigenvalue weighted by atomic mass is 10.1. The average molecular weight is 245 g/mol. The molecular formula is C13H9ClN2O. The molecule has 1 aromatic carbocycles. The Balaban J connectivity index is 2.62. The normalized spacial score (nSPS) is 9.76. The van der Waals surface area contributed by atoms with Crippen LogP contribution < -0.4 is 0 Å². The van der Waals surface area contributed by atoms with Gasteiger partial charge in [0.1, 0.15) is 5.69 Å². The monoisotopic (exact) mass is 244 g/mol. The number of hydrogen-bond donors (Lipinski definition) is 0. The molecule has 0 fully saturated rings. The molecule has 2 aromatic rings. The average Bonchev–Trinajstić information content (AvgIpc) is 2.29. The molecule has 3 nitrogen and oxygen atoms in total. The summed E-state index contributed by atoms with van der Waals surface area (Å²) in [6.07, 6.45) is 3.26. The number of pyridine rings is 1. The van der Waals surface area contributed by atoms with E-state index in [0.29, 0.717) is 16.4 Å². The van der Waals surface area contributed by atoms with Gasteiger partial charge in [-0.2, -0.15) is 4.99 Å². The maximum atomic E-state index is 10.4. The van der Waals surface area contributed by atoms with E-state index in [0.717, 1.165) is 11.1 Å². The molecule has 1 heterocycles. The van der Waals surface area contributed by atoms with Gasteiger partial charge in [-0.1, -0.05) is 23.7 Å². The number of benzene rings is 1. The van der Waals surface area contributed by atoms with Crippen molar-refractivity contribution in [2.45, 2.75) is 6.92 Å². The maximum Gasteiger partial charge on any atom is 0.240 e. The van der Waals surface area contributed by atoms with E-state index < -0.39 is 0 Å². The van der Waals surface area contributed by atoms with Gasteiger partial charge in [0.05, 0.1) is 5.69 Å². The summed E-state index contributed by atoms with van der Waals surface area (Å²) in [5.74, 6) is 0. The van der Waals surface area contributed by atoms with Crippen LogP contribution in [-0.4, -0.2) is 11.1 Å². The van der Waals surface area contributed by atoms with E-state index >= 15 is 0 Å². The van der Waals surface area contributed by atoms with Crippen molar-refractivity contribution in [3.8, 4) is 11.3 Å². The molecule has 0 N–H and O–H groups in total. The summed E-state index contributed by atoms with van der Waals surface area (Å²) in [6, 6.07) is 9.04. The van der Waals surface area contributed by atoms with Crippen LogP contribution in [0.4, 0.5) is 5.69 Å². The summed E-state index contributed by atoms with van der Waals surface area (Å²) in [5, 5.41) is 0.617. The van der Waals surface area contributed by atoms with Gasteiger partial charge in [0.2, 0.25) is 6.08 Å². The van der Waals surface area contributed by atoms with Crippen LogP contribution >= 0.6 is 11.6 Å². The van der Waals surface area contributed by atoms with Crippen molar-refractivity contribution in [1.82, 2.24) is 4.98 Å². The predicted molar refractivity (Wildman–Crippen MR) is 67.2 cm³/mol. The van der Waals surface area contributed by atoms with Crippen molar-refractivity contribution >= 4 is 23.4 Å². The van der Waals surface area contributed by atoms with Crippen molar-refractivity contribution in [2.75, 3.05) is 0 Å². The van der Waals surface area contributed by atoms with Crippen molar-refractivity contribution in [3.05, 3.63) is 47.1 Å². The van der Waals surface area contributed by atoms with E-state index in [1.165, 1.54) is 6.08 Å². The van der Waals surface area contributed by atoms with Crippen LogP contribution in [-0.2, 0) is 4.79 Å². The number of nitrogens with zero attached hydrogens (tertiary/aromatic N) is 2. The number of aliphatic imine (C=N–C) groups is 1. The molecule has 17 heavy (non-hydrogen) atoms. The van der Waals surface area contributed by atoms with Crippen LogP contribution in [0, 0.1) is 6.92 Å². The first-order chi connectivity index (χ1) is 8.20. The Hall–Kier alpha value is -1.96. The van der Waals surface area contributed by atoms with Gasteiger partial charge in [0.25, 0.3) is 0 Å². The summed E-state index contributed by atoms with van der Waals surface area (Å²) in [4.78, 5) is 18.3. The van der Waals surface area contributed by atoms with Crippen molar-refractivity contribution < 1.29 is 4.79 Å². The molecule has 0 amide bonds. The Kier molecular flexibility index (Phi) is 3.33. The molecule has 2 rings (SSSR count). The number of carbonyl (C=O) groups excluding carboxylic acids is 1. The zero-order valence-corrected chi connectivity index (χ0v) is 9.90. The van der Waals surface area contributed by atoms with Gasteiger partial charge in [0.15, 0.2) is 0 Å². The van der Waals surface area contributed by atoms with Crippen LogP contribution in [0.15, 0.2) is 41.5 Å². The molecule has 0 radical (unpaired) electrons. The summed E-state index contributed by atoms with van der Waals surface area (Å²) < 4.78 is 0. The van der Waals surface area contributed by atoms with Gasteiger partial charge < -0.3 is 0 Å². The summed E-state index contributed by atoms with van der Waals surface area (Å²) in [7, 11) is 0. The van der Waals surface area contributed by atoms with Gasteiger partial charge in [-0.3, -0.25) is 4.98 Å². The molecule has 0 spiro atoms. The molecule has 84 valence electrons. The number of hydrogen-bond acceptors (Lipinski definition) is 3. The van der Waals surface area contributed by atoms with Gasteiger partial charge >= 0.3 is 0 Å². The third-order valence-corrected chi connectivity index (χ3v) is 2.50. The number of rotatable bonds is 2. The Morgan fingerprint density at radius 1 is 1.35 bits per heavy atom. The Bertz CT molecular complexity index is 604. The SMILES string of the molecule is Cc1cnc(-c2cccc(Cl)c2)c(N=C=O)c1. The number of isocyanates is 1. The summed E-state index contributed by atoms with van der Waals surface area (Å²) in [5.41, 5.74) is 2.89. The standard InChI is InChI=1S/C13H9ClN2O/c1-9-5-12(16-8-17)13(15-7-9)10-3-2-4-11(14)6-10/h2-7H,1H3. The van der Waals surface area contributed by atoms with Crippen molar-refractivity contribution in [2.24, 2.45) is 4.99 Å². The number of aromatic nitrogens is 1. The molecule has 0 bridgehead atoms. The maximum absolute atomic E-state index is 10.4. The van der Waals surface area contributed by atoms with E-state index in [4.69, 9.17) is 11.6 Å². The first kappa shape index (κ1) is 11.5. The smallest absolute Gasteiger partial charge is 0.240 e. The zero-order chi connectivity index (χ0) is 12.3. The topological polar surface area (TPSA) is 42.3 Å². The lowest BCUT2D eigenvalue weighted by molar-refractivity contribution is 0.565. The minimum Gasteiger partial charge on any atom is -0.254 e. The van der Waals surface area contributed by atoms with Crippen LogP contribution in [0.3, 0.4) is 0 Å². The minimum atomic E-state index is 0.502. The second-order valence-electron chi connectivity index (χ2n) is 3.59. The molecule has 1 aromatic heterocycles. The summed E-state index contributed by atoms with van der Waals surface area (Å²) in [6.45, 7) is 1.89. The third-order valence-electron chi connectivity index (χ3n) is 2.27. The zero-order valence-electron chi connectivity index (χ0n) is 9.14. The van der Waals surface area contributed by atoms with E-state index in [1.54, 1.807) is 24.4 Å². The highest BCUT2D eigenvalue weighted by molar-refractivity contribution is 6.30. The lowest BCUT2D eigenvalue weighted by Gasteiger charge is -2.05. The molecule has 0 aliphatic heterocycles. The van der Waals surface area contributed by atoms with Gasteiger partial charge in [-0.15, -0.1) is 0 Å². The van der Waals surface area contributed by atoms with Crippen LogP contribution in [0.2, 0.25) is 5.02 Å². The fourth-order valence-corrected chi connectivity index (χ4v) is 1.74. The molecule has 0 aliphatic rings. The van der Waals surface area contributed by atoms with E-state index in [1.807, 2.05) is 19.1 Å². The second-order valence-corrected chi connectivity index (χ2v) is 4.03. The largest absolute Gasteiger partial charge is 0.254 e. The Morgan fingerprint density at radius 3 is 2.88 bits per heavy atom. The lowest BCUT2D eigenvalue weighted by Crippen LogP contribution is -1.86. The van der Waals surface area contributed by atoms with Gasteiger partial charge in [-0.05, 0) is 30.7 Å². The third kappa shape index (κ3) is 2.59. The first-order valence-electron chi connectivity index (χ1n) is 5.01. The van der Waals surface area contributed by atoms with Crippen LogP contribution in [0.5, 0.6) is 0 Å². The minimum absolute atomic E-state index is 0.502. The van der Waals surface area contributed by atoms with Crippen molar-refractivity contribution in [1.29, 1.82) is 0 Å². The quantitative estimate of drug-likeness (QED) is 0.597. The molecule has 0 aliphatic carbocycles. The van der Waals surface area contributed by atoms with Crippen LogP contribution in [0.25, 0.3) is 11.3 Å². The van der Waals surface area contributed by atoms with E-state index in [9.17, 15) is 4.79 Å². The van der Waals surface area contributed by atoms with E-state index in [2.05, 4.69) is 9.98 Å². The molecule has 0 unspecified atom stereocenters. The van der Waals surface area contributed by atoms with Crippen molar-refractivity contribution in [3.63, 3.8) is 0 Å².